The van der Waals surface area contributed by atoms with Gasteiger partial charge in [0.1, 0.15) is 0 Å². The van der Waals surface area contributed by atoms with E-state index in [1.54, 1.807) is 11.3 Å². The van der Waals surface area contributed by atoms with Crippen molar-refractivity contribution >= 4 is 38.9 Å². The first kappa shape index (κ1) is 19.9. The van der Waals surface area contributed by atoms with Crippen molar-refractivity contribution in [3.63, 3.8) is 0 Å². The van der Waals surface area contributed by atoms with E-state index < -0.39 is 0 Å². The van der Waals surface area contributed by atoms with E-state index in [-0.39, 0.29) is 12.1 Å². The van der Waals surface area contributed by atoms with E-state index in [9.17, 15) is 0 Å². The van der Waals surface area contributed by atoms with Gasteiger partial charge in [0.05, 0.1) is 33.7 Å². The Labute approximate surface area is 197 Å². The van der Waals surface area contributed by atoms with Gasteiger partial charge in [0.2, 0.25) is 0 Å². The Kier molecular flexibility index (Phi) is 5.15. The molecule has 4 aromatic rings. The molecule has 1 N–H and O–H groups in total. The van der Waals surface area contributed by atoms with Crippen molar-refractivity contribution in [3.05, 3.63) is 78.4 Å². The maximum absolute atomic E-state index is 5.93. The molecule has 5 nitrogen and oxygen atoms in total. The van der Waals surface area contributed by atoms with Crippen molar-refractivity contribution in [2.75, 3.05) is 0 Å². The van der Waals surface area contributed by atoms with Crippen LogP contribution in [0.25, 0.3) is 15.3 Å². The molecular formula is C25H25N5S2. The average molecular weight is 460 g/mol. The van der Waals surface area contributed by atoms with Crippen LogP contribution in [0.1, 0.15) is 55.6 Å². The highest BCUT2D eigenvalue weighted by molar-refractivity contribution is 7.80. The van der Waals surface area contributed by atoms with Crippen molar-refractivity contribution in [3.8, 4) is 5.13 Å². The molecule has 2 aliphatic rings. The number of aromatic nitrogens is 3. The number of thiazole rings is 1. The molecule has 0 amide bonds. The number of nitrogens with one attached hydrogen (secondary N) is 1. The molecule has 1 aliphatic carbocycles. The van der Waals surface area contributed by atoms with Gasteiger partial charge in [0.15, 0.2) is 10.2 Å². The highest BCUT2D eigenvalue weighted by atomic mass is 32.1. The van der Waals surface area contributed by atoms with Crippen LogP contribution < -0.4 is 5.32 Å². The van der Waals surface area contributed by atoms with Gasteiger partial charge in [-0.05, 0) is 61.5 Å². The molecule has 162 valence electrons. The second kappa shape index (κ2) is 8.30. The first-order valence-corrected chi connectivity index (χ1v) is 12.5. The molecule has 0 bridgehead atoms. The minimum absolute atomic E-state index is 0.00801. The first-order valence-electron chi connectivity index (χ1n) is 11.3. The average Bonchev–Trinajstić information content (AvgIpc) is 3.56. The first-order chi connectivity index (χ1) is 15.8. The predicted molar refractivity (Wildman–Crippen MR) is 133 cm³/mol. The lowest BCUT2D eigenvalue weighted by Gasteiger charge is -2.37. The highest BCUT2D eigenvalue weighted by Crippen LogP contribution is 2.43. The van der Waals surface area contributed by atoms with Gasteiger partial charge in [-0.2, -0.15) is 0 Å². The molecule has 32 heavy (non-hydrogen) atoms. The third-order valence-corrected chi connectivity index (χ3v) is 8.04. The summed E-state index contributed by atoms with van der Waals surface area (Å²) in [6.45, 7) is 0. The fourth-order valence-electron chi connectivity index (χ4n) is 5.21. The fraction of sp³-hybridized carbons (Fsp3) is 0.320. The van der Waals surface area contributed by atoms with E-state index in [1.807, 2.05) is 18.3 Å². The molecule has 2 atom stereocenters. The Morgan fingerprint density at radius 3 is 2.62 bits per heavy atom. The van der Waals surface area contributed by atoms with Gasteiger partial charge >= 0.3 is 0 Å². The van der Waals surface area contributed by atoms with E-state index in [1.165, 1.54) is 42.5 Å². The van der Waals surface area contributed by atoms with Crippen LogP contribution in [-0.2, 0) is 0 Å². The number of rotatable bonds is 4. The molecule has 2 unspecified atom stereocenters. The summed E-state index contributed by atoms with van der Waals surface area (Å²) in [5.74, 6) is 0. The summed E-state index contributed by atoms with van der Waals surface area (Å²) in [6, 6.07) is 19.3. The summed E-state index contributed by atoms with van der Waals surface area (Å²) >= 11 is 7.65. The van der Waals surface area contributed by atoms with Gasteiger partial charge in [-0.3, -0.25) is 9.55 Å². The minimum Gasteiger partial charge on any atom is -0.352 e. The molecule has 1 aliphatic heterocycles. The van der Waals surface area contributed by atoms with Gasteiger partial charge in [-0.15, -0.1) is 0 Å². The van der Waals surface area contributed by atoms with Gasteiger partial charge in [-0.1, -0.05) is 48.8 Å². The molecule has 0 spiro atoms. The maximum Gasteiger partial charge on any atom is 0.194 e. The van der Waals surface area contributed by atoms with Crippen LogP contribution in [0.5, 0.6) is 0 Å². The topological polar surface area (TPSA) is 46.0 Å². The Balaban J connectivity index is 1.47. The van der Waals surface area contributed by atoms with Crippen LogP contribution in [0.3, 0.4) is 0 Å². The molecule has 1 aromatic carbocycles. The molecule has 0 radical (unpaired) electrons. The lowest BCUT2D eigenvalue weighted by Crippen LogP contribution is -2.40. The third-order valence-electron chi connectivity index (χ3n) is 6.68. The van der Waals surface area contributed by atoms with Crippen LogP contribution in [0, 0.1) is 0 Å². The van der Waals surface area contributed by atoms with Gasteiger partial charge in [-0.25, -0.2) is 4.98 Å². The second-order valence-corrected chi connectivity index (χ2v) is 9.99. The zero-order chi connectivity index (χ0) is 21.5. The van der Waals surface area contributed by atoms with Crippen LogP contribution in [0.15, 0.2) is 67.0 Å². The summed E-state index contributed by atoms with van der Waals surface area (Å²) in [5, 5.41) is 5.46. The lowest BCUT2D eigenvalue weighted by molar-refractivity contribution is 0.193. The van der Waals surface area contributed by atoms with Gasteiger partial charge in [0.25, 0.3) is 0 Å². The van der Waals surface area contributed by atoms with E-state index in [0.717, 1.165) is 21.5 Å². The summed E-state index contributed by atoms with van der Waals surface area (Å²) < 4.78 is 3.45. The highest BCUT2D eigenvalue weighted by Gasteiger charge is 2.44. The Morgan fingerprint density at radius 2 is 1.81 bits per heavy atom. The van der Waals surface area contributed by atoms with Gasteiger partial charge in [0, 0.05) is 18.4 Å². The van der Waals surface area contributed by atoms with Crippen LogP contribution >= 0.6 is 23.6 Å². The summed E-state index contributed by atoms with van der Waals surface area (Å²) in [6.07, 6.45) is 10.2. The molecule has 7 heteroatoms. The fourth-order valence-corrected chi connectivity index (χ4v) is 6.57. The normalized spacial score (nSPS) is 21.9. The Bertz CT molecular complexity index is 1210. The van der Waals surface area contributed by atoms with E-state index >= 15 is 0 Å². The molecule has 4 heterocycles. The number of pyridine rings is 1. The summed E-state index contributed by atoms with van der Waals surface area (Å²) in [4.78, 5) is 12.1. The third kappa shape index (κ3) is 3.40. The second-order valence-electron chi connectivity index (χ2n) is 8.59. The number of thiocarbonyl (C=S) groups is 1. The zero-order valence-corrected chi connectivity index (χ0v) is 19.4. The minimum atomic E-state index is 0.00801. The number of nitrogens with zero attached hydrogens (tertiary/aromatic N) is 4. The lowest BCUT2D eigenvalue weighted by atomic mass is 9.92. The van der Waals surface area contributed by atoms with Crippen molar-refractivity contribution in [1.29, 1.82) is 0 Å². The Morgan fingerprint density at radius 1 is 0.969 bits per heavy atom. The van der Waals surface area contributed by atoms with Crippen molar-refractivity contribution < 1.29 is 0 Å². The Hall–Kier alpha value is -2.77. The number of para-hydroxylation sites is 1. The maximum atomic E-state index is 5.93. The van der Waals surface area contributed by atoms with Crippen molar-refractivity contribution in [2.24, 2.45) is 0 Å². The molecule has 3 aromatic heterocycles. The zero-order valence-electron chi connectivity index (χ0n) is 17.7. The molecule has 6 rings (SSSR count). The van der Waals surface area contributed by atoms with Crippen LogP contribution in [0.4, 0.5) is 0 Å². The monoisotopic (exact) mass is 459 g/mol. The van der Waals surface area contributed by atoms with E-state index in [4.69, 9.17) is 22.2 Å². The largest absolute Gasteiger partial charge is 0.352 e. The van der Waals surface area contributed by atoms with E-state index in [2.05, 4.69) is 63.4 Å². The molecule has 1 saturated carbocycles. The molecule has 1 saturated heterocycles. The molecule has 2 fully saturated rings. The standard InChI is InChI=1S/C25H25N5S2/c31-24-28-22(19-12-6-7-15-26-19)23(30(24)17-9-2-1-3-10-17)20-13-8-16-29(20)25-27-18-11-4-5-14-21(18)32-25/h4-8,11-17,22-23H,1-3,9-10H2,(H,28,31). The number of benzene rings is 1. The smallest absolute Gasteiger partial charge is 0.194 e. The molecular weight excluding hydrogens is 434 g/mol. The SMILES string of the molecule is S=C1NC(c2ccccn2)C(c2cccn2-c2nc3ccccc3s2)N1C1CCCCC1. The van der Waals surface area contributed by atoms with Crippen molar-refractivity contribution in [2.45, 2.75) is 50.2 Å². The summed E-state index contributed by atoms with van der Waals surface area (Å²) in [5.41, 5.74) is 3.27. The van der Waals surface area contributed by atoms with Gasteiger partial charge < -0.3 is 10.2 Å². The predicted octanol–water partition coefficient (Wildman–Crippen LogP) is 5.79. The summed E-state index contributed by atoms with van der Waals surface area (Å²) in [7, 11) is 0. The number of hydrogen-bond acceptors (Lipinski definition) is 4. The number of fused-ring (bicyclic) bond motifs is 1. The number of hydrogen-bond donors (Lipinski definition) is 1. The quantitative estimate of drug-likeness (QED) is 0.392. The van der Waals surface area contributed by atoms with Crippen LogP contribution in [0.2, 0.25) is 0 Å². The van der Waals surface area contributed by atoms with Crippen LogP contribution in [-0.4, -0.2) is 30.6 Å². The van der Waals surface area contributed by atoms with E-state index in [0.29, 0.717) is 6.04 Å². The van der Waals surface area contributed by atoms with Crippen molar-refractivity contribution in [1.82, 2.24) is 24.8 Å².